The van der Waals surface area contributed by atoms with Crippen molar-refractivity contribution in [3.05, 3.63) is 48.0 Å². The van der Waals surface area contributed by atoms with Gasteiger partial charge in [0.1, 0.15) is 61.4 Å². The number of ether oxygens (including phenoxy) is 7. The van der Waals surface area contributed by atoms with E-state index in [2.05, 4.69) is 36.7 Å². The molecule has 4 saturated carbocycles. The molecule has 0 bridgehead atoms. The number of hydrogen-bond acceptors (Lipinski definition) is 14. The van der Waals surface area contributed by atoms with Crippen molar-refractivity contribution in [3.8, 4) is 0 Å². The molecule has 0 saturated heterocycles. The minimum absolute atomic E-state index is 0.0152. The van der Waals surface area contributed by atoms with E-state index in [0.717, 1.165) is 29.2 Å². The minimum Gasteiger partial charge on any atom is -0.461 e. The molecule has 6 rings (SSSR count). The van der Waals surface area contributed by atoms with Crippen molar-refractivity contribution in [2.75, 3.05) is 19.6 Å². The van der Waals surface area contributed by atoms with Gasteiger partial charge in [0, 0.05) is 17.8 Å². The lowest BCUT2D eigenvalue weighted by atomic mass is 9.43. The van der Waals surface area contributed by atoms with Gasteiger partial charge in [-0.2, -0.15) is 0 Å². The Bertz CT molecular complexity index is 2330. The van der Waals surface area contributed by atoms with Crippen molar-refractivity contribution >= 4 is 52.9 Å². The van der Waals surface area contributed by atoms with Crippen LogP contribution in [0.4, 0.5) is 14.4 Å². The molecule has 404 valence electrons. The fraction of sp³-hybridized carbons (Fsp3) is 0.696. The van der Waals surface area contributed by atoms with Crippen molar-refractivity contribution in [1.29, 1.82) is 0 Å². The van der Waals surface area contributed by atoms with Gasteiger partial charge in [-0.25, -0.2) is 14.4 Å². The monoisotopic (exact) mass is 1020 g/mol. The fourth-order valence-electron chi connectivity index (χ4n) is 12.7. The van der Waals surface area contributed by atoms with Crippen LogP contribution in [0.1, 0.15) is 146 Å². The molecule has 2 aromatic carbocycles. The number of carbonyl (C=O) groups excluding carboxylic acids is 7. The minimum atomic E-state index is -0.784. The van der Waals surface area contributed by atoms with Crippen LogP contribution in [0.2, 0.25) is 0 Å². The summed E-state index contributed by atoms with van der Waals surface area (Å²) in [5.41, 5.74) is -2.42. The smallest absolute Gasteiger partial charge is 0.408 e. The average molecular weight is 1020 g/mol. The first kappa shape index (κ1) is 56.7. The molecular weight excluding hydrogens is 939 g/mol. The number of fused-ring (bicyclic) bond motifs is 6. The number of hydrogen-bond donors (Lipinski definition) is 3. The normalized spacial score (nSPS) is 28.1. The van der Waals surface area contributed by atoms with Crippen molar-refractivity contribution in [2.24, 2.45) is 46.3 Å². The third-order valence-electron chi connectivity index (χ3n) is 15.7. The standard InChI is InChI=1S/C56H81N3O14/c1-33(20-23-44(60)67-32-35-18-15-17-34-16-13-14-19-38(34)35)39-21-22-40-48-41(28-43(56(39,40)12)70-47(63)31-59-51(66)73-54(8,9)10)55(11)25-24-37(68-45(61)29-57-49(64)71-52(2,3)4)26-36(55)27-42(48)69-46(62)30-58-50(65)72-53(5,6)7/h13-19,33,36-37,39-43,48H,20-32H2,1-12H3,(H,57,64)(H,58,65)(H,59,66)/t33-,36+,37-,39-,40+,41+,42-,43+,48+,55+,56-/m1/s1. The first-order valence-corrected chi connectivity index (χ1v) is 26.2. The number of amides is 3. The van der Waals surface area contributed by atoms with Crippen LogP contribution in [0.25, 0.3) is 10.8 Å². The molecule has 3 amide bonds. The molecule has 0 spiro atoms. The Hall–Kier alpha value is -5.61. The van der Waals surface area contributed by atoms with Crippen LogP contribution in [-0.2, 0) is 58.9 Å². The number of nitrogens with one attached hydrogen (secondary N) is 3. The lowest BCUT2D eigenvalue weighted by Gasteiger charge is -2.64. The summed E-state index contributed by atoms with van der Waals surface area (Å²) in [4.78, 5) is 92.2. The van der Waals surface area contributed by atoms with Crippen molar-refractivity contribution < 1.29 is 66.7 Å². The molecule has 3 N–H and O–H groups in total. The SMILES string of the molecule is C[C@H](CCC(=O)OCc1cccc2ccccc12)[C@H]1CC[C@H]2[C@@H]3[C@H](OC(=O)CNC(=O)OC(C)(C)C)C[C@@H]4C[C@H](OC(=O)CNC(=O)OC(C)(C)C)CC[C@]4(C)[C@H]3C[C@H](OC(=O)CNC(=O)OC(C)(C)C)[C@]12C. The number of carbonyl (C=O) groups is 7. The molecule has 0 aliphatic heterocycles. The van der Waals surface area contributed by atoms with Crippen LogP contribution in [0.15, 0.2) is 42.5 Å². The van der Waals surface area contributed by atoms with Gasteiger partial charge in [-0.05, 0) is 165 Å². The van der Waals surface area contributed by atoms with Crippen LogP contribution < -0.4 is 16.0 Å². The molecule has 4 aliphatic carbocycles. The van der Waals surface area contributed by atoms with Crippen LogP contribution in [0.5, 0.6) is 0 Å². The summed E-state index contributed by atoms with van der Waals surface area (Å²) in [7, 11) is 0. The lowest BCUT2D eigenvalue weighted by Crippen LogP contribution is -2.64. The third-order valence-corrected chi connectivity index (χ3v) is 15.7. The molecule has 0 radical (unpaired) electrons. The Morgan fingerprint density at radius 3 is 1.77 bits per heavy atom. The van der Waals surface area contributed by atoms with Gasteiger partial charge in [0.15, 0.2) is 0 Å². The second kappa shape index (κ2) is 22.9. The summed E-state index contributed by atoms with van der Waals surface area (Å²) >= 11 is 0. The molecule has 11 atom stereocenters. The Labute approximate surface area is 430 Å². The number of esters is 4. The van der Waals surface area contributed by atoms with Crippen molar-refractivity contribution in [3.63, 3.8) is 0 Å². The van der Waals surface area contributed by atoms with E-state index >= 15 is 0 Å². The van der Waals surface area contributed by atoms with Gasteiger partial charge in [-0.15, -0.1) is 0 Å². The van der Waals surface area contributed by atoms with Gasteiger partial charge < -0.3 is 49.1 Å². The molecule has 0 unspecified atom stereocenters. The maximum Gasteiger partial charge on any atom is 0.408 e. The maximum absolute atomic E-state index is 14.0. The van der Waals surface area contributed by atoms with Gasteiger partial charge in [-0.3, -0.25) is 19.2 Å². The van der Waals surface area contributed by atoms with E-state index in [1.807, 2.05) is 42.5 Å². The van der Waals surface area contributed by atoms with E-state index in [1.165, 1.54) is 0 Å². The fourth-order valence-corrected chi connectivity index (χ4v) is 12.7. The number of alkyl carbamates (subject to hydrolysis) is 3. The Kier molecular flexibility index (Phi) is 17.8. The molecule has 0 aromatic heterocycles. The average Bonchev–Trinajstić information content (AvgIpc) is 3.65. The number of rotatable bonds is 15. The highest BCUT2D eigenvalue weighted by Crippen LogP contribution is 2.69. The Morgan fingerprint density at radius 1 is 0.630 bits per heavy atom. The Balaban J connectivity index is 1.25. The summed E-state index contributed by atoms with van der Waals surface area (Å²) in [6.45, 7) is 21.1. The highest BCUT2D eigenvalue weighted by molar-refractivity contribution is 5.86. The van der Waals surface area contributed by atoms with Crippen LogP contribution in [0, 0.1) is 46.3 Å². The summed E-state index contributed by atoms with van der Waals surface area (Å²) in [5, 5.41) is 9.68. The molecule has 4 aliphatic rings. The highest BCUT2D eigenvalue weighted by atomic mass is 16.6. The van der Waals surface area contributed by atoms with E-state index in [-0.39, 0.29) is 66.5 Å². The van der Waals surface area contributed by atoms with E-state index in [1.54, 1.807) is 62.3 Å². The molecule has 4 fully saturated rings. The molecule has 2 aromatic rings. The predicted octanol–water partition coefficient (Wildman–Crippen LogP) is 9.49. The zero-order valence-electron chi connectivity index (χ0n) is 45.1. The maximum atomic E-state index is 14.0. The third kappa shape index (κ3) is 14.8. The van der Waals surface area contributed by atoms with Gasteiger partial charge in [0.2, 0.25) is 0 Å². The Morgan fingerprint density at radius 2 is 1.18 bits per heavy atom. The lowest BCUT2D eigenvalue weighted by molar-refractivity contribution is -0.225. The predicted molar refractivity (Wildman–Crippen MR) is 270 cm³/mol. The summed E-state index contributed by atoms with van der Waals surface area (Å²) in [5.74, 6) is -2.74. The van der Waals surface area contributed by atoms with E-state index < -0.39 is 89.8 Å². The second-order valence-corrected chi connectivity index (χ2v) is 24.3. The van der Waals surface area contributed by atoms with E-state index in [9.17, 15) is 33.6 Å². The van der Waals surface area contributed by atoms with Gasteiger partial charge in [0.25, 0.3) is 0 Å². The van der Waals surface area contributed by atoms with Crippen LogP contribution in [0.3, 0.4) is 0 Å². The first-order valence-electron chi connectivity index (χ1n) is 26.2. The topological polar surface area (TPSA) is 220 Å². The quantitative estimate of drug-likeness (QED) is 0.112. The van der Waals surface area contributed by atoms with Crippen LogP contribution >= 0.6 is 0 Å². The van der Waals surface area contributed by atoms with Crippen LogP contribution in [-0.4, -0.2) is 96.9 Å². The van der Waals surface area contributed by atoms with E-state index in [4.69, 9.17) is 33.2 Å². The van der Waals surface area contributed by atoms with Gasteiger partial charge in [-0.1, -0.05) is 63.2 Å². The molecule has 17 heteroatoms. The van der Waals surface area contributed by atoms with Gasteiger partial charge >= 0.3 is 42.2 Å². The first-order chi connectivity index (χ1) is 34.0. The van der Waals surface area contributed by atoms with E-state index in [0.29, 0.717) is 38.5 Å². The summed E-state index contributed by atoms with van der Waals surface area (Å²) in [6.07, 6.45) is 0.791. The number of benzene rings is 2. The molecule has 17 nitrogen and oxygen atoms in total. The highest BCUT2D eigenvalue weighted by Gasteiger charge is 2.68. The summed E-state index contributed by atoms with van der Waals surface area (Å²) in [6, 6.07) is 13.9. The summed E-state index contributed by atoms with van der Waals surface area (Å²) < 4.78 is 41.0. The zero-order valence-corrected chi connectivity index (χ0v) is 45.1. The van der Waals surface area contributed by atoms with Crippen molar-refractivity contribution in [1.82, 2.24) is 16.0 Å². The molecular formula is C56H81N3O14. The second-order valence-electron chi connectivity index (χ2n) is 24.3. The molecule has 73 heavy (non-hydrogen) atoms. The zero-order chi connectivity index (χ0) is 53.7. The van der Waals surface area contributed by atoms with Gasteiger partial charge in [0.05, 0.1) is 0 Å². The molecule has 0 heterocycles. The largest absolute Gasteiger partial charge is 0.461 e. The van der Waals surface area contributed by atoms with Crippen molar-refractivity contribution in [2.45, 2.75) is 183 Å².